The standard InChI is InChI=1S/C16H14O6/c1-8-4-12(17)11-7-21-13-6-9(19-2)5-10(16(18)20-3)14(13)15(11)22-8/h4-6H,7H2,1-3H3. The van der Waals surface area contributed by atoms with Crippen LogP contribution in [0, 0.1) is 6.92 Å². The van der Waals surface area contributed by atoms with Crippen LogP contribution in [0.3, 0.4) is 0 Å². The monoisotopic (exact) mass is 302 g/mol. The summed E-state index contributed by atoms with van der Waals surface area (Å²) < 4.78 is 21.3. The molecule has 1 aliphatic heterocycles. The van der Waals surface area contributed by atoms with Gasteiger partial charge >= 0.3 is 5.97 Å². The predicted octanol–water partition coefficient (Wildman–Crippen LogP) is 2.30. The maximum absolute atomic E-state index is 12.1. The van der Waals surface area contributed by atoms with Gasteiger partial charge in [-0.15, -0.1) is 0 Å². The summed E-state index contributed by atoms with van der Waals surface area (Å²) in [6.07, 6.45) is 0. The van der Waals surface area contributed by atoms with E-state index in [2.05, 4.69) is 0 Å². The van der Waals surface area contributed by atoms with Crippen molar-refractivity contribution in [1.29, 1.82) is 0 Å². The van der Waals surface area contributed by atoms with E-state index in [9.17, 15) is 9.59 Å². The molecule has 3 rings (SSSR count). The highest BCUT2D eigenvalue weighted by Gasteiger charge is 2.29. The van der Waals surface area contributed by atoms with Crippen molar-refractivity contribution in [3.05, 3.63) is 45.3 Å². The minimum absolute atomic E-state index is 0.0821. The van der Waals surface area contributed by atoms with Crippen LogP contribution in [0.25, 0.3) is 11.3 Å². The van der Waals surface area contributed by atoms with Gasteiger partial charge in [0.2, 0.25) is 0 Å². The van der Waals surface area contributed by atoms with Gasteiger partial charge in [0, 0.05) is 12.1 Å². The van der Waals surface area contributed by atoms with Crippen molar-refractivity contribution in [3.63, 3.8) is 0 Å². The molecule has 0 atom stereocenters. The van der Waals surface area contributed by atoms with Crippen LogP contribution in [0.4, 0.5) is 0 Å². The number of methoxy groups -OCH3 is 2. The number of carbonyl (C=O) groups is 1. The molecule has 1 aromatic carbocycles. The van der Waals surface area contributed by atoms with Crippen LogP contribution in [0.2, 0.25) is 0 Å². The number of aryl methyl sites for hydroxylation is 1. The molecule has 114 valence electrons. The van der Waals surface area contributed by atoms with E-state index in [0.29, 0.717) is 34.1 Å². The Hall–Kier alpha value is -2.76. The summed E-state index contributed by atoms with van der Waals surface area (Å²) >= 11 is 0. The first-order chi connectivity index (χ1) is 10.5. The number of hydrogen-bond acceptors (Lipinski definition) is 6. The molecule has 0 radical (unpaired) electrons. The van der Waals surface area contributed by atoms with Crippen molar-refractivity contribution in [1.82, 2.24) is 0 Å². The maximum Gasteiger partial charge on any atom is 0.338 e. The summed E-state index contributed by atoms with van der Waals surface area (Å²) in [4.78, 5) is 24.2. The molecule has 0 amide bonds. The average Bonchev–Trinajstić information content (AvgIpc) is 2.52. The molecular weight excluding hydrogens is 288 g/mol. The topological polar surface area (TPSA) is 75.0 Å². The lowest BCUT2D eigenvalue weighted by molar-refractivity contribution is 0.0600. The number of rotatable bonds is 2. The molecule has 0 N–H and O–H groups in total. The van der Waals surface area contributed by atoms with Crippen molar-refractivity contribution in [2.45, 2.75) is 13.5 Å². The van der Waals surface area contributed by atoms with Crippen molar-refractivity contribution in [3.8, 4) is 22.8 Å². The lowest BCUT2D eigenvalue weighted by Gasteiger charge is -2.22. The van der Waals surface area contributed by atoms with E-state index >= 15 is 0 Å². The van der Waals surface area contributed by atoms with E-state index in [4.69, 9.17) is 18.6 Å². The Kier molecular flexibility index (Phi) is 3.36. The zero-order chi connectivity index (χ0) is 15.9. The molecule has 0 saturated carbocycles. The highest BCUT2D eigenvalue weighted by Crippen LogP contribution is 2.42. The molecule has 0 bridgehead atoms. The van der Waals surface area contributed by atoms with Crippen LogP contribution in [-0.2, 0) is 11.3 Å². The molecule has 22 heavy (non-hydrogen) atoms. The van der Waals surface area contributed by atoms with Gasteiger partial charge in [0.1, 0.15) is 29.6 Å². The second-order valence-electron chi connectivity index (χ2n) is 4.86. The smallest absolute Gasteiger partial charge is 0.338 e. The summed E-state index contributed by atoms with van der Waals surface area (Å²) in [6, 6.07) is 4.58. The highest BCUT2D eigenvalue weighted by atomic mass is 16.5. The Labute approximate surface area is 126 Å². The fraction of sp³-hybridized carbons (Fsp3) is 0.250. The van der Waals surface area contributed by atoms with Crippen LogP contribution in [-0.4, -0.2) is 20.2 Å². The Balaban J connectivity index is 2.36. The first-order valence-corrected chi connectivity index (χ1v) is 6.62. The fourth-order valence-corrected chi connectivity index (χ4v) is 2.45. The van der Waals surface area contributed by atoms with Crippen LogP contribution in [0.5, 0.6) is 11.5 Å². The first-order valence-electron chi connectivity index (χ1n) is 6.62. The number of fused-ring (bicyclic) bond motifs is 3. The number of benzene rings is 1. The molecule has 0 spiro atoms. The van der Waals surface area contributed by atoms with Crippen LogP contribution in [0.15, 0.2) is 27.4 Å². The Morgan fingerprint density at radius 2 is 2.00 bits per heavy atom. The minimum Gasteiger partial charge on any atom is -0.497 e. The van der Waals surface area contributed by atoms with Crippen molar-refractivity contribution < 1.29 is 23.4 Å². The minimum atomic E-state index is -0.559. The average molecular weight is 302 g/mol. The normalized spacial score (nSPS) is 12.0. The quantitative estimate of drug-likeness (QED) is 0.792. The Morgan fingerprint density at radius 1 is 1.23 bits per heavy atom. The van der Waals surface area contributed by atoms with E-state index < -0.39 is 5.97 Å². The van der Waals surface area contributed by atoms with Gasteiger partial charge in [-0.3, -0.25) is 4.79 Å². The van der Waals surface area contributed by atoms with Gasteiger partial charge in [0.15, 0.2) is 5.43 Å². The molecule has 0 saturated heterocycles. The van der Waals surface area contributed by atoms with Crippen molar-refractivity contribution in [2.24, 2.45) is 0 Å². The largest absolute Gasteiger partial charge is 0.497 e. The van der Waals surface area contributed by atoms with Gasteiger partial charge in [-0.25, -0.2) is 4.79 Å². The molecule has 6 heteroatoms. The third-order valence-electron chi connectivity index (χ3n) is 3.48. The number of hydrogen-bond donors (Lipinski definition) is 0. The van der Waals surface area contributed by atoms with Gasteiger partial charge in [-0.1, -0.05) is 0 Å². The molecule has 1 aromatic heterocycles. The van der Waals surface area contributed by atoms with Crippen LogP contribution in [0.1, 0.15) is 21.7 Å². The summed E-state index contributed by atoms with van der Waals surface area (Å²) in [5.41, 5.74) is 0.839. The highest BCUT2D eigenvalue weighted by molar-refractivity contribution is 5.99. The van der Waals surface area contributed by atoms with Crippen LogP contribution >= 0.6 is 0 Å². The van der Waals surface area contributed by atoms with Gasteiger partial charge in [-0.2, -0.15) is 0 Å². The molecule has 1 aliphatic rings. The zero-order valence-electron chi connectivity index (χ0n) is 12.4. The first kappa shape index (κ1) is 14.2. The van der Waals surface area contributed by atoms with Gasteiger partial charge in [-0.05, 0) is 13.0 Å². The second kappa shape index (κ2) is 5.22. The molecule has 0 fully saturated rings. The summed E-state index contributed by atoms with van der Waals surface area (Å²) in [7, 11) is 2.77. The lowest BCUT2D eigenvalue weighted by Crippen LogP contribution is -2.19. The SMILES string of the molecule is COC(=O)c1cc(OC)cc2c1-c1oc(C)cc(=O)c1CO2. The van der Waals surface area contributed by atoms with Gasteiger partial charge in [0.25, 0.3) is 0 Å². The number of ether oxygens (including phenoxy) is 3. The van der Waals surface area contributed by atoms with E-state index in [1.807, 2.05) is 0 Å². The van der Waals surface area contributed by atoms with Crippen molar-refractivity contribution in [2.75, 3.05) is 14.2 Å². The van der Waals surface area contributed by atoms with E-state index in [1.54, 1.807) is 13.0 Å². The lowest BCUT2D eigenvalue weighted by atomic mass is 9.97. The molecule has 2 aromatic rings. The Morgan fingerprint density at radius 3 is 2.68 bits per heavy atom. The molecule has 2 heterocycles. The molecule has 0 unspecified atom stereocenters. The van der Waals surface area contributed by atoms with Crippen molar-refractivity contribution >= 4 is 5.97 Å². The Bertz CT molecular complexity index is 818. The maximum atomic E-state index is 12.1. The number of esters is 1. The third-order valence-corrected chi connectivity index (χ3v) is 3.48. The van der Waals surface area contributed by atoms with Crippen LogP contribution < -0.4 is 14.9 Å². The zero-order valence-corrected chi connectivity index (χ0v) is 12.4. The predicted molar refractivity (Wildman–Crippen MR) is 77.4 cm³/mol. The molecule has 0 aliphatic carbocycles. The van der Waals surface area contributed by atoms with E-state index in [1.165, 1.54) is 26.4 Å². The second-order valence-corrected chi connectivity index (χ2v) is 4.86. The van der Waals surface area contributed by atoms with E-state index in [-0.39, 0.29) is 17.6 Å². The summed E-state index contributed by atoms with van der Waals surface area (Å²) in [6.45, 7) is 1.76. The summed E-state index contributed by atoms with van der Waals surface area (Å²) in [5.74, 6) is 1.12. The van der Waals surface area contributed by atoms with E-state index in [0.717, 1.165) is 0 Å². The third kappa shape index (κ3) is 2.13. The van der Waals surface area contributed by atoms with Gasteiger partial charge < -0.3 is 18.6 Å². The van der Waals surface area contributed by atoms with Gasteiger partial charge in [0.05, 0.1) is 30.9 Å². The summed E-state index contributed by atoms with van der Waals surface area (Å²) in [5, 5.41) is 0. The molecule has 6 nitrogen and oxygen atoms in total. The fourth-order valence-electron chi connectivity index (χ4n) is 2.45. The molecular formula is C16H14O6. The number of carbonyl (C=O) groups excluding carboxylic acids is 1.